The largest absolute Gasteiger partial charge is 0.329 e. The van der Waals surface area contributed by atoms with Gasteiger partial charge in [-0.3, -0.25) is 0 Å². The molecule has 1 atom stereocenters. The molecule has 1 aromatic carbocycles. The topological polar surface area (TPSA) is 72.2 Å². The van der Waals surface area contributed by atoms with Crippen LogP contribution in [0.15, 0.2) is 23.1 Å². The summed E-state index contributed by atoms with van der Waals surface area (Å²) in [5.74, 6) is -2.04. The van der Waals surface area contributed by atoms with Gasteiger partial charge in [0.15, 0.2) is 4.90 Å². The zero-order valence-corrected chi connectivity index (χ0v) is 10.4. The van der Waals surface area contributed by atoms with Crippen LogP contribution in [0, 0.1) is 17.6 Å². The van der Waals surface area contributed by atoms with Gasteiger partial charge in [0.1, 0.15) is 11.6 Å². The van der Waals surface area contributed by atoms with Crippen molar-refractivity contribution in [1.29, 1.82) is 0 Å². The molecule has 2 rings (SSSR count). The molecule has 0 aliphatic heterocycles. The van der Waals surface area contributed by atoms with Gasteiger partial charge in [-0.2, -0.15) is 0 Å². The minimum atomic E-state index is -4.22. The Labute approximate surface area is 104 Å². The number of sulfonamides is 1. The van der Waals surface area contributed by atoms with Crippen molar-refractivity contribution in [3.05, 3.63) is 29.8 Å². The van der Waals surface area contributed by atoms with Crippen LogP contribution in [-0.2, 0) is 10.0 Å². The fraction of sp³-hybridized carbons (Fsp3) is 0.455. The molecule has 100 valence electrons. The monoisotopic (exact) mass is 276 g/mol. The van der Waals surface area contributed by atoms with Crippen molar-refractivity contribution in [3.63, 3.8) is 0 Å². The third-order valence-electron chi connectivity index (χ3n) is 2.94. The predicted octanol–water partition coefficient (Wildman–Crippen LogP) is 0.980. The minimum absolute atomic E-state index is 0.111. The third-order valence-corrected chi connectivity index (χ3v) is 4.48. The number of benzene rings is 1. The van der Waals surface area contributed by atoms with Gasteiger partial charge in [0, 0.05) is 12.6 Å². The zero-order valence-electron chi connectivity index (χ0n) is 9.57. The van der Waals surface area contributed by atoms with Crippen molar-refractivity contribution in [2.75, 3.05) is 6.54 Å². The Balaban J connectivity index is 2.30. The van der Waals surface area contributed by atoms with Crippen LogP contribution in [0.5, 0.6) is 0 Å². The lowest BCUT2D eigenvalue weighted by Crippen LogP contribution is -2.42. The molecule has 1 unspecified atom stereocenters. The van der Waals surface area contributed by atoms with E-state index in [0.717, 1.165) is 31.0 Å². The van der Waals surface area contributed by atoms with Gasteiger partial charge in [-0.15, -0.1) is 0 Å². The maximum atomic E-state index is 13.4. The fourth-order valence-electron chi connectivity index (χ4n) is 1.83. The molecular weight excluding hydrogens is 262 g/mol. The van der Waals surface area contributed by atoms with E-state index in [9.17, 15) is 17.2 Å². The molecule has 1 saturated carbocycles. The molecule has 1 fully saturated rings. The van der Waals surface area contributed by atoms with Crippen LogP contribution in [0.3, 0.4) is 0 Å². The third kappa shape index (κ3) is 2.68. The molecule has 0 aromatic heterocycles. The summed E-state index contributed by atoms with van der Waals surface area (Å²) in [5, 5.41) is 0. The molecule has 1 aromatic rings. The van der Waals surface area contributed by atoms with Gasteiger partial charge in [-0.25, -0.2) is 21.9 Å². The fourth-order valence-corrected chi connectivity index (χ4v) is 3.29. The number of nitrogens with one attached hydrogen (secondary N) is 1. The lowest BCUT2D eigenvalue weighted by atomic mass is 10.2. The lowest BCUT2D eigenvalue weighted by molar-refractivity contribution is 0.492. The van der Waals surface area contributed by atoms with Crippen LogP contribution >= 0.6 is 0 Å². The van der Waals surface area contributed by atoms with Gasteiger partial charge in [0.2, 0.25) is 10.0 Å². The summed E-state index contributed by atoms with van der Waals surface area (Å²) >= 11 is 0. The van der Waals surface area contributed by atoms with Crippen LogP contribution in [0.1, 0.15) is 12.8 Å². The Kier molecular flexibility index (Phi) is 3.65. The van der Waals surface area contributed by atoms with Gasteiger partial charge in [-0.1, -0.05) is 6.07 Å². The van der Waals surface area contributed by atoms with E-state index in [0.29, 0.717) is 0 Å². The average Bonchev–Trinajstić information content (AvgIpc) is 3.09. The van der Waals surface area contributed by atoms with Gasteiger partial charge in [0.05, 0.1) is 0 Å². The lowest BCUT2D eigenvalue weighted by Gasteiger charge is -2.16. The Morgan fingerprint density at radius 2 is 1.89 bits per heavy atom. The van der Waals surface area contributed by atoms with E-state index in [1.54, 1.807) is 0 Å². The summed E-state index contributed by atoms with van der Waals surface area (Å²) in [6.45, 7) is 0.111. The zero-order chi connectivity index (χ0) is 13.3. The highest BCUT2D eigenvalue weighted by Crippen LogP contribution is 2.33. The second-order valence-corrected chi connectivity index (χ2v) is 6.00. The van der Waals surface area contributed by atoms with Gasteiger partial charge in [-0.05, 0) is 30.9 Å². The first kappa shape index (κ1) is 13.4. The van der Waals surface area contributed by atoms with Gasteiger partial charge >= 0.3 is 0 Å². The van der Waals surface area contributed by atoms with Crippen molar-refractivity contribution < 1.29 is 17.2 Å². The number of nitrogens with two attached hydrogens (primary N) is 1. The first-order valence-electron chi connectivity index (χ1n) is 5.62. The number of halogens is 2. The molecule has 3 N–H and O–H groups in total. The Morgan fingerprint density at radius 3 is 2.33 bits per heavy atom. The van der Waals surface area contributed by atoms with E-state index < -0.39 is 32.6 Å². The maximum absolute atomic E-state index is 13.4. The quantitative estimate of drug-likeness (QED) is 0.842. The Hall–Kier alpha value is -1.05. The highest BCUT2D eigenvalue weighted by Gasteiger charge is 2.35. The normalized spacial score (nSPS) is 17.7. The average molecular weight is 276 g/mol. The molecule has 0 bridgehead atoms. The minimum Gasteiger partial charge on any atom is -0.329 e. The van der Waals surface area contributed by atoms with Crippen LogP contribution in [0.25, 0.3) is 0 Å². The van der Waals surface area contributed by atoms with E-state index in [-0.39, 0.29) is 12.5 Å². The summed E-state index contributed by atoms with van der Waals surface area (Å²) in [5.41, 5.74) is 5.46. The SMILES string of the molecule is NCC(NS(=O)(=O)c1c(F)cccc1F)C1CC1. The molecule has 0 heterocycles. The summed E-state index contributed by atoms with van der Waals surface area (Å²) in [7, 11) is -4.22. The Bertz CT molecular complexity index is 524. The molecule has 0 amide bonds. The van der Waals surface area contributed by atoms with E-state index in [1.165, 1.54) is 0 Å². The highest BCUT2D eigenvalue weighted by atomic mass is 32.2. The van der Waals surface area contributed by atoms with Gasteiger partial charge < -0.3 is 5.73 Å². The van der Waals surface area contributed by atoms with Crippen LogP contribution in [-0.4, -0.2) is 21.0 Å². The molecule has 0 radical (unpaired) electrons. The van der Waals surface area contributed by atoms with Crippen molar-refractivity contribution in [2.45, 2.75) is 23.8 Å². The number of hydrogen-bond donors (Lipinski definition) is 2. The number of hydrogen-bond acceptors (Lipinski definition) is 3. The van der Waals surface area contributed by atoms with Gasteiger partial charge in [0.25, 0.3) is 0 Å². The van der Waals surface area contributed by atoms with E-state index >= 15 is 0 Å². The summed E-state index contributed by atoms with van der Waals surface area (Å²) in [6.07, 6.45) is 1.76. The van der Waals surface area contributed by atoms with Crippen LogP contribution in [0.2, 0.25) is 0 Å². The number of rotatable bonds is 5. The first-order chi connectivity index (χ1) is 8.45. The van der Waals surface area contributed by atoms with Crippen molar-refractivity contribution >= 4 is 10.0 Å². The summed E-state index contributed by atoms with van der Waals surface area (Å²) < 4.78 is 53.0. The molecule has 18 heavy (non-hydrogen) atoms. The smallest absolute Gasteiger partial charge is 0.246 e. The molecule has 0 saturated heterocycles. The molecule has 1 aliphatic carbocycles. The van der Waals surface area contributed by atoms with Crippen molar-refractivity contribution in [3.8, 4) is 0 Å². The molecule has 1 aliphatic rings. The standard InChI is InChI=1S/C11H14F2N2O2S/c12-8-2-1-3-9(13)11(8)18(16,17)15-10(6-14)7-4-5-7/h1-3,7,10,15H,4-6,14H2. The predicted molar refractivity (Wildman–Crippen MR) is 62.2 cm³/mol. The summed E-state index contributed by atoms with van der Waals surface area (Å²) in [6, 6.07) is 2.47. The molecular formula is C11H14F2N2O2S. The van der Waals surface area contributed by atoms with E-state index in [1.807, 2.05) is 0 Å². The second kappa shape index (κ2) is 4.91. The van der Waals surface area contributed by atoms with E-state index in [4.69, 9.17) is 5.73 Å². The van der Waals surface area contributed by atoms with Crippen LogP contribution in [0.4, 0.5) is 8.78 Å². The first-order valence-corrected chi connectivity index (χ1v) is 7.10. The second-order valence-electron chi connectivity index (χ2n) is 4.35. The van der Waals surface area contributed by atoms with Crippen molar-refractivity contribution in [2.24, 2.45) is 11.7 Å². The molecule has 0 spiro atoms. The maximum Gasteiger partial charge on any atom is 0.246 e. The van der Waals surface area contributed by atoms with E-state index in [2.05, 4.69) is 4.72 Å². The van der Waals surface area contributed by atoms with Crippen molar-refractivity contribution in [1.82, 2.24) is 4.72 Å². The molecule has 7 heteroatoms. The highest BCUT2D eigenvalue weighted by molar-refractivity contribution is 7.89. The summed E-state index contributed by atoms with van der Waals surface area (Å²) in [4.78, 5) is -0.941. The molecule has 4 nitrogen and oxygen atoms in total. The Morgan fingerprint density at radius 1 is 1.33 bits per heavy atom. The van der Waals surface area contributed by atoms with Crippen LogP contribution < -0.4 is 10.5 Å².